The molecule has 1 fully saturated rings. The Morgan fingerprint density at radius 1 is 1.31 bits per heavy atom. The van der Waals surface area contributed by atoms with Crippen LogP contribution in [0.1, 0.15) is 51.3 Å². The van der Waals surface area contributed by atoms with E-state index in [1.54, 1.807) is 0 Å². The first-order valence-electron chi connectivity index (χ1n) is 9.70. The quantitative estimate of drug-likeness (QED) is 0.857. The maximum atomic E-state index is 12.3. The molecule has 5 nitrogen and oxygen atoms in total. The summed E-state index contributed by atoms with van der Waals surface area (Å²) in [5, 5.41) is 7.70. The zero-order valence-corrected chi connectivity index (χ0v) is 16.1. The number of nitrogens with zero attached hydrogens (tertiary/aromatic N) is 3. The van der Waals surface area contributed by atoms with E-state index in [1.807, 2.05) is 23.1 Å². The fourth-order valence-electron chi connectivity index (χ4n) is 3.78. The second kappa shape index (κ2) is 8.49. The number of carbonyl (C=O) groups is 1. The maximum absolute atomic E-state index is 12.3. The first-order valence-corrected chi connectivity index (χ1v) is 9.70. The van der Waals surface area contributed by atoms with Gasteiger partial charge in [-0.2, -0.15) is 5.10 Å². The van der Waals surface area contributed by atoms with Gasteiger partial charge in [0.2, 0.25) is 5.91 Å². The smallest absolute Gasteiger partial charge is 0.222 e. The van der Waals surface area contributed by atoms with Crippen molar-refractivity contribution in [1.82, 2.24) is 20.0 Å². The molecular formula is C21H30N4O. The summed E-state index contributed by atoms with van der Waals surface area (Å²) in [5.41, 5.74) is 3.22. The molecule has 1 N–H and O–H groups in total. The lowest BCUT2D eigenvalue weighted by atomic mass is 10.0. The topological polar surface area (TPSA) is 52.2 Å². The van der Waals surface area contributed by atoms with Gasteiger partial charge in [-0.05, 0) is 39.3 Å². The van der Waals surface area contributed by atoms with Crippen LogP contribution in [0.2, 0.25) is 0 Å². The summed E-state index contributed by atoms with van der Waals surface area (Å²) in [6.07, 6.45) is 3.64. The van der Waals surface area contributed by atoms with E-state index in [1.165, 1.54) is 0 Å². The van der Waals surface area contributed by atoms with Gasteiger partial charge in [0.15, 0.2) is 0 Å². The number of nitrogens with one attached hydrogen (secondary N) is 1. The van der Waals surface area contributed by atoms with Crippen molar-refractivity contribution in [3.8, 4) is 11.3 Å². The largest absolute Gasteiger partial charge is 0.343 e. The van der Waals surface area contributed by atoms with Crippen LogP contribution in [0.25, 0.3) is 11.3 Å². The molecule has 3 rings (SSSR count). The first-order chi connectivity index (χ1) is 12.6. The molecule has 1 aliphatic rings. The van der Waals surface area contributed by atoms with Gasteiger partial charge in [-0.3, -0.25) is 14.8 Å². The summed E-state index contributed by atoms with van der Waals surface area (Å²) in [6, 6.07) is 13.0. The zero-order valence-electron chi connectivity index (χ0n) is 16.1. The van der Waals surface area contributed by atoms with Crippen LogP contribution >= 0.6 is 0 Å². The monoisotopic (exact) mass is 354 g/mol. The number of benzene rings is 1. The first kappa shape index (κ1) is 18.6. The molecule has 2 atom stereocenters. The second-order valence-corrected chi connectivity index (χ2v) is 7.28. The SMILES string of the molecule is CCCN1CC[C@@H](N(C)[C@H](C)c2cc(-c3ccccc3)n[nH]2)CCC1=O. The molecule has 1 amide bonds. The highest BCUT2D eigenvalue weighted by atomic mass is 16.2. The standard InChI is InChI=1S/C21H30N4O/c1-4-13-25-14-12-18(10-11-21(25)26)24(3)16(2)19-15-20(23-22-19)17-8-6-5-7-9-17/h5-9,15-16,18H,4,10-14H2,1-3H3,(H,22,23)/t16-,18+/m1/s1. The van der Waals surface area contributed by atoms with Gasteiger partial charge >= 0.3 is 0 Å². The van der Waals surface area contributed by atoms with Crippen molar-refractivity contribution in [3.63, 3.8) is 0 Å². The molecule has 1 aromatic carbocycles. The van der Waals surface area contributed by atoms with Gasteiger partial charge in [0.05, 0.1) is 11.4 Å². The van der Waals surface area contributed by atoms with Crippen LogP contribution in [0, 0.1) is 0 Å². The summed E-state index contributed by atoms with van der Waals surface area (Å²) in [6.45, 7) is 6.09. The van der Waals surface area contributed by atoms with Crippen LogP contribution in [0.3, 0.4) is 0 Å². The molecule has 1 saturated heterocycles. The molecule has 0 aliphatic carbocycles. The van der Waals surface area contributed by atoms with E-state index in [9.17, 15) is 4.79 Å². The average Bonchev–Trinajstić information content (AvgIpc) is 3.09. The summed E-state index contributed by atoms with van der Waals surface area (Å²) in [4.78, 5) is 16.7. The average molecular weight is 354 g/mol. The van der Waals surface area contributed by atoms with E-state index < -0.39 is 0 Å². The third-order valence-electron chi connectivity index (χ3n) is 5.57. The van der Waals surface area contributed by atoms with Crippen LogP contribution in [-0.2, 0) is 4.79 Å². The predicted molar refractivity (Wildman–Crippen MR) is 105 cm³/mol. The van der Waals surface area contributed by atoms with Gasteiger partial charge in [-0.1, -0.05) is 37.3 Å². The molecule has 0 radical (unpaired) electrons. The number of H-pyrrole nitrogens is 1. The lowest BCUT2D eigenvalue weighted by Gasteiger charge is -2.32. The third kappa shape index (κ3) is 4.15. The molecule has 2 heterocycles. The molecular weight excluding hydrogens is 324 g/mol. The van der Waals surface area contributed by atoms with Crippen molar-refractivity contribution in [2.45, 2.75) is 51.6 Å². The minimum atomic E-state index is 0.234. The summed E-state index contributed by atoms with van der Waals surface area (Å²) >= 11 is 0. The summed E-state index contributed by atoms with van der Waals surface area (Å²) in [7, 11) is 2.17. The van der Waals surface area contributed by atoms with E-state index in [4.69, 9.17) is 0 Å². The van der Waals surface area contributed by atoms with Crippen molar-refractivity contribution in [2.24, 2.45) is 0 Å². The van der Waals surface area contributed by atoms with Gasteiger partial charge in [-0.15, -0.1) is 0 Å². The Morgan fingerprint density at radius 3 is 2.81 bits per heavy atom. The number of aromatic amines is 1. The van der Waals surface area contributed by atoms with E-state index in [2.05, 4.69) is 54.2 Å². The molecule has 1 aromatic heterocycles. The van der Waals surface area contributed by atoms with Crippen LogP contribution in [0.15, 0.2) is 36.4 Å². The Balaban J connectivity index is 1.67. The normalized spacial score (nSPS) is 19.6. The number of carbonyl (C=O) groups excluding carboxylic acids is 1. The van der Waals surface area contributed by atoms with Crippen LogP contribution in [0.5, 0.6) is 0 Å². The van der Waals surface area contributed by atoms with Crippen molar-refractivity contribution in [3.05, 3.63) is 42.1 Å². The highest BCUT2D eigenvalue weighted by Gasteiger charge is 2.27. The fourth-order valence-corrected chi connectivity index (χ4v) is 3.78. The lowest BCUT2D eigenvalue weighted by Crippen LogP contribution is -2.35. The van der Waals surface area contributed by atoms with Crippen molar-refractivity contribution < 1.29 is 4.79 Å². The van der Waals surface area contributed by atoms with Gasteiger partial charge in [-0.25, -0.2) is 0 Å². The summed E-state index contributed by atoms with van der Waals surface area (Å²) < 4.78 is 0. The number of hydrogen-bond acceptors (Lipinski definition) is 3. The van der Waals surface area contributed by atoms with Gasteiger partial charge in [0.1, 0.15) is 0 Å². The Kier molecular flexibility index (Phi) is 6.09. The number of hydrogen-bond donors (Lipinski definition) is 1. The van der Waals surface area contributed by atoms with E-state index in [0.29, 0.717) is 18.4 Å². The molecule has 0 spiro atoms. The van der Waals surface area contributed by atoms with E-state index in [-0.39, 0.29) is 6.04 Å². The Labute approximate surface area is 156 Å². The lowest BCUT2D eigenvalue weighted by molar-refractivity contribution is -0.130. The minimum Gasteiger partial charge on any atom is -0.343 e. The number of likely N-dealkylation sites (tertiary alicyclic amines) is 1. The number of rotatable bonds is 6. The van der Waals surface area contributed by atoms with Crippen LogP contribution in [0.4, 0.5) is 0 Å². The number of amides is 1. The maximum Gasteiger partial charge on any atom is 0.222 e. The van der Waals surface area contributed by atoms with Gasteiger partial charge in [0, 0.05) is 37.2 Å². The number of aromatic nitrogens is 2. The van der Waals surface area contributed by atoms with Gasteiger partial charge in [0.25, 0.3) is 0 Å². The molecule has 0 unspecified atom stereocenters. The Bertz CT molecular complexity index is 712. The summed E-state index contributed by atoms with van der Waals surface area (Å²) in [5.74, 6) is 0.309. The van der Waals surface area contributed by atoms with Crippen molar-refractivity contribution in [1.29, 1.82) is 0 Å². The van der Waals surface area contributed by atoms with Gasteiger partial charge < -0.3 is 4.90 Å². The van der Waals surface area contributed by atoms with Crippen LogP contribution in [-0.4, -0.2) is 52.1 Å². The highest BCUT2D eigenvalue weighted by Crippen LogP contribution is 2.27. The third-order valence-corrected chi connectivity index (χ3v) is 5.57. The molecule has 26 heavy (non-hydrogen) atoms. The van der Waals surface area contributed by atoms with E-state index >= 15 is 0 Å². The second-order valence-electron chi connectivity index (χ2n) is 7.28. The Hall–Kier alpha value is -2.14. The molecule has 140 valence electrons. The fraction of sp³-hybridized carbons (Fsp3) is 0.524. The molecule has 2 aromatic rings. The van der Waals surface area contributed by atoms with Crippen molar-refractivity contribution >= 4 is 5.91 Å². The zero-order chi connectivity index (χ0) is 18.5. The minimum absolute atomic E-state index is 0.234. The Morgan fingerprint density at radius 2 is 2.08 bits per heavy atom. The van der Waals surface area contributed by atoms with E-state index in [0.717, 1.165) is 49.3 Å². The molecule has 0 bridgehead atoms. The highest BCUT2D eigenvalue weighted by molar-refractivity contribution is 5.76. The van der Waals surface area contributed by atoms with Crippen molar-refractivity contribution in [2.75, 3.05) is 20.1 Å². The molecule has 0 saturated carbocycles. The molecule has 5 heteroatoms. The predicted octanol–water partition coefficient (Wildman–Crippen LogP) is 3.86. The molecule has 1 aliphatic heterocycles. The van der Waals surface area contributed by atoms with Crippen LogP contribution < -0.4 is 0 Å².